The largest absolute Gasteiger partial charge is 0.369 e. The Kier molecular flexibility index (Phi) is 6.03. The van der Waals surface area contributed by atoms with E-state index in [1.54, 1.807) is 30.4 Å². The number of benzene rings is 2. The number of nitrogens with zero attached hydrogens (tertiary/aromatic N) is 2. The average molecular weight is 392 g/mol. The number of nitrogens with one attached hydrogen (secondary N) is 2. The molecule has 2 aromatic carbocycles. The fourth-order valence-corrected chi connectivity index (χ4v) is 3.12. The fourth-order valence-electron chi connectivity index (χ4n) is 2.45. The van der Waals surface area contributed by atoms with Crippen LogP contribution >= 0.6 is 11.3 Å². The minimum atomic E-state index is -0.318. The van der Waals surface area contributed by atoms with Gasteiger partial charge in [0.1, 0.15) is 0 Å². The molecule has 0 radical (unpaired) electrons. The highest BCUT2D eigenvalue weighted by Gasteiger charge is 2.05. The molecule has 3 aromatic rings. The summed E-state index contributed by atoms with van der Waals surface area (Å²) < 4.78 is 0. The van der Waals surface area contributed by atoms with Crippen LogP contribution in [-0.4, -0.2) is 17.7 Å². The summed E-state index contributed by atoms with van der Waals surface area (Å²) in [5, 5.41) is 17.3. The molecule has 0 aliphatic rings. The summed E-state index contributed by atoms with van der Waals surface area (Å²) in [6.07, 6.45) is 0. The number of anilines is 2. The Morgan fingerprint density at radius 1 is 0.857 bits per heavy atom. The Balaban J connectivity index is 1.59. The summed E-state index contributed by atoms with van der Waals surface area (Å²) in [5.41, 5.74) is 15.7. The van der Waals surface area contributed by atoms with Crippen molar-refractivity contribution in [1.29, 1.82) is 0 Å². The second-order valence-corrected chi connectivity index (χ2v) is 6.74. The van der Waals surface area contributed by atoms with E-state index in [0.717, 1.165) is 11.1 Å². The van der Waals surface area contributed by atoms with E-state index in [1.807, 2.05) is 41.8 Å². The first-order chi connectivity index (χ1) is 13.5. The number of hydrogen-bond donors (Lipinski definition) is 4. The van der Waals surface area contributed by atoms with Crippen molar-refractivity contribution in [2.75, 3.05) is 10.6 Å². The first-order valence-corrected chi connectivity index (χ1v) is 9.40. The molecule has 1 aromatic heterocycles. The molecule has 28 heavy (non-hydrogen) atoms. The van der Waals surface area contributed by atoms with Crippen LogP contribution in [0.25, 0.3) is 11.1 Å². The van der Waals surface area contributed by atoms with Gasteiger partial charge in [-0.05, 0) is 64.7 Å². The number of amides is 2. The third-order valence-electron chi connectivity index (χ3n) is 3.87. The summed E-state index contributed by atoms with van der Waals surface area (Å²) in [6, 6.07) is 16.7. The van der Waals surface area contributed by atoms with E-state index in [2.05, 4.69) is 32.3 Å². The smallest absolute Gasteiger partial charge is 0.323 e. The topological polar surface area (TPSA) is 118 Å². The Morgan fingerprint density at radius 2 is 1.46 bits per heavy atom. The van der Waals surface area contributed by atoms with Crippen molar-refractivity contribution in [1.82, 2.24) is 0 Å². The number of rotatable bonds is 5. The van der Waals surface area contributed by atoms with Gasteiger partial charge >= 0.3 is 6.03 Å². The van der Waals surface area contributed by atoms with Crippen molar-refractivity contribution < 1.29 is 4.79 Å². The lowest BCUT2D eigenvalue weighted by Gasteiger charge is -2.09. The zero-order valence-electron chi connectivity index (χ0n) is 15.2. The average Bonchev–Trinajstić information content (AvgIpc) is 3.22. The number of urea groups is 1. The van der Waals surface area contributed by atoms with Crippen molar-refractivity contribution in [2.24, 2.45) is 21.7 Å². The summed E-state index contributed by atoms with van der Waals surface area (Å²) >= 11 is 1.65. The monoisotopic (exact) mass is 392 g/mol. The predicted molar refractivity (Wildman–Crippen MR) is 117 cm³/mol. The lowest BCUT2D eigenvalue weighted by Crippen LogP contribution is -2.22. The van der Waals surface area contributed by atoms with E-state index < -0.39 is 0 Å². The summed E-state index contributed by atoms with van der Waals surface area (Å²) in [6.45, 7) is 1.79. The van der Waals surface area contributed by atoms with Gasteiger partial charge in [-0.2, -0.15) is 16.4 Å². The SMILES string of the molecule is C/C(=N\N=C(N)N)c1ccc(NC(=O)Nc2ccc(-c3ccsc3)cc2)cc1. The van der Waals surface area contributed by atoms with Gasteiger partial charge in [-0.3, -0.25) is 0 Å². The molecular weight excluding hydrogens is 372 g/mol. The summed E-state index contributed by atoms with van der Waals surface area (Å²) in [7, 11) is 0. The molecule has 0 saturated carbocycles. The molecule has 0 spiro atoms. The fraction of sp³-hybridized carbons (Fsp3) is 0.0500. The molecule has 0 fully saturated rings. The number of hydrogen-bond acceptors (Lipinski definition) is 4. The Bertz CT molecular complexity index is 988. The lowest BCUT2D eigenvalue weighted by atomic mass is 10.1. The van der Waals surface area contributed by atoms with Crippen LogP contribution < -0.4 is 22.1 Å². The first kappa shape index (κ1) is 19.1. The molecule has 8 heteroatoms. The standard InChI is InChI=1S/C20H20N6OS/c1-13(25-26-19(21)22)14-2-6-17(7-3-14)23-20(27)24-18-8-4-15(5-9-18)16-10-11-28-12-16/h2-12H,1H3,(H4,21,22,26)(H2,23,24,27)/b25-13+. The van der Waals surface area contributed by atoms with Crippen LogP contribution in [0.5, 0.6) is 0 Å². The van der Waals surface area contributed by atoms with Crippen LogP contribution in [0.1, 0.15) is 12.5 Å². The van der Waals surface area contributed by atoms with Crippen molar-refractivity contribution >= 4 is 40.4 Å². The van der Waals surface area contributed by atoms with Crippen molar-refractivity contribution in [3.63, 3.8) is 0 Å². The summed E-state index contributed by atoms with van der Waals surface area (Å²) in [4.78, 5) is 12.2. The molecule has 7 nitrogen and oxygen atoms in total. The Hall–Kier alpha value is -3.65. The first-order valence-electron chi connectivity index (χ1n) is 8.45. The maximum Gasteiger partial charge on any atom is 0.323 e. The molecule has 0 bridgehead atoms. The lowest BCUT2D eigenvalue weighted by molar-refractivity contribution is 0.262. The highest BCUT2D eigenvalue weighted by Crippen LogP contribution is 2.23. The third kappa shape index (κ3) is 5.18. The van der Waals surface area contributed by atoms with Crippen LogP contribution in [0.2, 0.25) is 0 Å². The maximum atomic E-state index is 12.2. The molecule has 0 aliphatic carbocycles. The van der Waals surface area contributed by atoms with Crippen LogP contribution in [0, 0.1) is 0 Å². The van der Waals surface area contributed by atoms with Gasteiger partial charge in [-0.1, -0.05) is 24.3 Å². The Labute approximate surface area is 166 Å². The molecule has 0 aliphatic heterocycles. The third-order valence-corrected chi connectivity index (χ3v) is 4.56. The van der Waals surface area contributed by atoms with Crippen LogP contribution in [0.15, 0.2) is 75.6 Å². The van der Waals surface area contributed by atoms with Gasteiger partial charge in [0.25, 0.3) is 0 Å². The van der Waals surface area contributed by atoms with E-state index in [9.17, 15) is 4.79 Å². The number of nitrogens with two attached hydrogens (primary N) is 2. The quantitative estimate of drug-likeness (QED) is 0.298. The second-order valence-electron chi connectivity index (χ2n) is 5.96. The van der Waals surface area contributed by atoms with E-state index in [4.69, 9.17) is 11.5 Å². The predicted octanol–water partition coefficient (Wildman–Crippen LogP) is 4.06. The van der Waals surface area contributed by atoms with E-state index >= 15 is 0 Å². The van der Waals surface area contributed by atoms with Gasteiger partial charge in [-0.25, -0.2) is 4.79 Å². The van der Waals surface area contributed by atoms with E-state index in [1.165, 1.54) is 5.56 Å². The highest BCUT2D eigenvalue weighted by molar-refractivity contribution is 7.08. The molecule has 0 atom stereocenters. The summed E-state index contributed by atoms with van der Waals surface area (Å²) in [5.74, 6) is -0.0994. The van der Waals surface area contributed by atoms with Crippen LogP contribution in [0.3, 0.4) is 0 Å². The molecular formula is C20H20N6OS. The van der Waals surface area contributed by atoms with Gasteiger partial charge < -0.3 is 22.1 Å². The van der Waals surface area contributed by atoms with Gasteiger partial charge in [0.15, 0.2) is 0 Å². The zero-order chi connectivity index (χ0) is 19.9. The minimum absolute atomic E-state index is 0.0994. The molecule has 6 N–H and O–H groups in total. The van der Waals surface area contributed by atoms with Crippen LogP contribution in [0.4, 0.5) is 16.2 Å². The minimum Gasteiger partial charge on any atom is -0.369 e. The molecule has 142 valence electrons. The number of thiophene rings is 1. The van der Waals surface area contributed by atoms with Crippen LogP contribution in [-0.2, 0) is 0 Å². The highest BCUT2D eigenvalue weighted by atomic mass is 32.1. The number of carbonyl (C=O) groups excluding carboxylic acids is 1. The molecule has 3 rings (SSSR count). The second kappa shape index (κ2) is 8.83. The van der Waals surface area contributed by atoms with Gasteiger partial charge in [0, 0.05) is 11.4 Å². The van der Waals surface area contributed by atoms with Crippen molar-refractivity contribution in [3.05, 3.63) is 70.9 Å². The van der Waals surface area contributed by atoms with E-state index in [-0.39, 0.29) is 12.0 Å². The van der Waals surface area contributed by atoms with Gasteiger partial charge in [0.05, 0.1) is 5.71 Å². The number of carbonyl (C=O) groups is 1. The van der Waals surface area contributed by atoms with Gasteiger partial charge in [0.2, 0.25) is 5.96 Å². The van der Waals surface area contributed by atoms with Crippen molar-refractivity contribution in [3.8, 4) is 11.1 Å². The number of guanidine groups is 1. The van der Waals surface area contributed by atoms with E-state index in [0.29, 0.717) is 17.1 Å². The molecule has 1 heterocycles. The normalized spacial score (nSPS) is 11.0. The molecule has 2 amide bonds. The maximum absolute atomic E-state index is 12.2. The van der Waals surface area contributed by atoms with Gasteiger partial charge in [-0.15, -0.1) is 5.10 Å². The Morgan fingerprint density at radius 3 is 2.00 bits per heavy atom. The molecule has 0 unspecified atom stereocenters. The zero-order valence-corrected chi connectivity index (χ0v) is 16.0. The van der Waals surface area contributed by atoms with Crippen molar-refractivity contribution in [2.45, 2.75) is 6.92 Å². The molecule has 0 saturated heterocycles.